The third-order valence-corrected chi connectivity index (χ3v) is 11.3. The van der Waals surface area contributed by atoms with E-state index in [1.807, 2.05) is 26.8 Å². The molecule has 2 aliphatic carbocycles. The third kappa shape index (κ3) is 7.32. The van der Waals surface area contributed by atoms with Crippen molar-refractivity contribution >= 4 is 23.4 Å². The number of ketones is 2. The lowest BCUT2D eigenvalue weighted by atomic mass is 9.42. The van der Waals surface area contributed by atoms with Crippen molar-refractivity contribution in [2.45, 2.75) is 134 Å². The van der Waals surface area contributed by atoms with Gasteiger partial charge in [-0.25, -0.2) is 10.3 Å². The fraction of sp³-hybridized carbons (Fsp3) is 0.750. The van der Waals surface area contributed by atoms with Gasteiger partial charge < -0.3 is 4.84 Å². The van der Waals surface area contributed by atoms with Gasteiger partial charge in [0.1, 0.15) is 11.9 Å². The van der Waals surface area contributed by atoms with E-state index in [0.717, 1.165) is 37.7 Å². The van der Waals surface area contributed by atoms with E-state index >= 15 is 0 Å². The van der Waals surface area contributed by atoms with Crippen LogP contribution in [0.15, 0.2) is 23.3 Å². The van der Waals surface area contributed by atoms with E-state index < -0.39 is 21.7 Å². The largest absolute Gasteiger partial charge is 0.342 e. The zero-order chi connectivity index (χ0) is 33.2. The first-order valence-electron chi connectivity index (χ1n) is 16.0. The van der Waals surface area contributed by atoms with Gasteiger partial charge in [-0.1, -0.05) is 80.4 Å². The number of hydroxylamine groups is 1. The highest BCUT2D eigenvalue weighted by molar-refractivity contribution is 6.04. The number of fused-ring (bicyclic) bond motifs is 1. The minimum absolute atomic E-state index is 0.0458. The number of amidine groups is 1. The number of nitrogens with zero attached hydrogens (tertiary/aromatic N) is 1. The van der Waals surface area contributed by atoms with E-state index in [9.17, 15) is 19.6 Å². The van der Waals surface area contributed by atoms with Crippen LogP contribution in [-0.2, 0) is 19.2 Å². The Labute approximate surface area is 260 Å². The molecule has 4 atom stereocenters. The number of allylic oxidation sites excluding steroid dienone is 4. The molecule has 0 amide bonds. The van der Waals surface area contributed by atoms with Crippen molar-refractivity contribution in [2.75, 3.05) is 0 Å². The van der Waals surface area contributed by atoms with E-state index in [1.54, 1.807) is 13.0 Å². The zero-order valence-electron chi connectivity index (χ0n) is 29.0. The van der Waals surface area contributed by atoms with Crippen LogP contribution in [0.5, 0.6) is 0 Å². The SMILES string of the molecule is CCCC(C)(C)CC[C@@](C)(CCC(C)(C)[C@]1(C)CC[C@H]2C(C)(C)C(=O)C(C#N)=C[C@]2(C)/C1=C/C(C)=O)C(=O)ONC(C)=N. The summed E-state index contributed by atoms with van der Waals surface area (Å²) in [6, 6.07) is 2.15. The summed E-state index contributed by atoms with van der Waals surface area (Å²) in [5.74, 6) is -0.526. The minimum atomic E-state index is -0.778. The normalized spacial score (nSPS) is 27.8. The molecule has 0 spiro atoms. The van der Waals surface area contributed by atoms with E-state index in [2.05, 4.69) is 60.0 Å². The number of hydrogen-bond donors (Lipinski definition) is 2. The molecule has 240 valence electrons. The first-order valence-corrected chi connectivity index (χ1v) is 16.0. The Hall–Kier alpha value is -2.75. The fourth-order valence-electron chi connectivity index (χ4n) is 7.97. The van der Waals surface area contributed by atoms with Gasteiger partial charge in [-0.2, -0.15) is 5.26 Å². The van der Waals surface area contributed by atoms with Crippen LogP contribution < -0.4 is 5.48 Å². The second kappa shape index (κ2) is 12.7. The van der Waals surface area contributed by atoms with Gasteiger partial charge in [0.05, 0.1) is 11.0 Å². The summed E-state index contributed by atoms with van der Waals surface area (Å²) in [6.07, 6.45) is 10.1. The number of Topliss-reactive ketones (excluding diaryl/α,β-unsaturated/α-hetero) is 1. The fourth-order valence-corrected chi connectivity index (χ4v) is 7.97. The number of nitriles is 1. The van der Waals surface area contributed by atoms with Crippen molar-refractivity contribution in [3.8, 4) is 6.07 Å². The summed E-state index contributed by atoms with van der Waals surface area (Å²) >= 11 is 0. The summed E-state index contributed by atoms with van der Waals surface area (Å²) in [5.41, 5.74) is 0.738. The molecule has 2 N–H and O–H groups in total. The summed E-state index contributed by atoms with van der Waals surface area (Å²) in [4.78, 5) is 45.0. The molecular formula is C36H57N3O4. The number of nitrogens with one attached hydrogen (secondary N) is 2. The maximum atomic E-state index is 13.5. The number of rotatable bonds is 11. The first kappa shape index (κ1) is 36.4. The molecule has 2 rings (SSSR count). The van der Waals surface area contributed by atoms with Gasteiger partial charge in [-0.3, -0.25) is 15.0 Å². The molecular weight excluding hydrogens is 538 g/mol. The molecule has 1 fully saturated rings. The first-order chi connectivity index (χ1) is 19.5. The molecule has 0 bridgehead atoms. The van der Waals surface area contributed by atoms with Crippen molar-refractivity contribution < 1.29 is 19.2 Å². The van der Waals surface area contributed by atoms with Crippen LogP contribution in [0.4, 0.5) is 0 Å². The summed E-state index contributed by atoms with van der Waals surface area (Å²) in [5, 5.41) is 17.6. The molecule has 0 aromatic carbocycles. The third-order valence-electron chi connectivity index (χ3n) is 11.3. The monoisotopic (exact) mass is 595 g/mol. The number of carbonyl (C=O) groups excluding carboxylic acids is 3. The average Bonchev–Trinajstić information content (AvgIpc) is 2.89. The molecule has 0 aliphatic heterocycles. The Morgan fingerprint density at radius 1 is 1.07 bits per heavy atom. The highest BCUT2D eigenvalue weighted by Crippen LogP contribution is 2.67. The van der Waals surface area contributed by atoms with Crippen LogP contribution in [0.3, 0.4) is 0 Å². The number of carbonyl (C=O) groups is 3. The zero-order valence-corrected chi connectivity index (χ0v) is 29.0. The van der Waals surface area contributed by atoms with Crippen molar-refractivity contribution in [1.82, 2.24) is 5.48 Å². The van der Waals surface area contributed by atoms with E-state index in [1.165, 1.54) is 6.92 Å². The average molecular weight is 596 g/mol. The van der Waals surface area contributed by atoms with Crippen LogP contribution in [0.25, 0.3) is 0 Å². The number of hydrogen-bond acceptors (Lipinski definition) is 6. The molecule has 0 saturated heterocycles. The van der Waals surface area contributed by atoms with Gasteiger partial charge in [0, 0.05) is 10.8 Å². The van der Waals surface area contributed by atoms with Crippen LogP contribution in [0.2, 0.25) is 0 Å². The Bertz CT molecular complexity index is 1230. The summed E-state index contributed by atoms with van der Waals surface area (Å²) in [6.45, 7) is 24.3. The van der Waals surface area contributed by atoms with Crippen molar-refractivity contribution in [2.24, 2.45) is 38.4 Å². The molecule has 0 unspecified atom stereocenters. The lowest BCUT2D eigenvalue weighted by molar-refractivity contribution is -0.161. The predicted molar refractivity (Wildman–Crippen MR) is 172 cm³/mol. The van der Waals surface area contributed by atoms with Crippen LogP contribution in [0, 0.1) is 55.1 Å². The van der Waals surface area contributed by atoms with Crippen LogP contribution in [-0.4, -0.2) is 23.4 Å². The van der Waals surface area contributed by atoms with Gasteiger partial charge in [0.2, 0.25) is 0 Å². The predicted octanol–water partition coefficient (Wildman–Crippen LogP) is 8.45. The molecule has 7 nitrogen and oxygen atoms in total. The Kier molecular flexibility index (Phi) is 10.8. The lowest BCUT2D eigenvalue weighted by Gasteiger charge is -2.61. The maximum Gasteiger partial charge on any atom is 0.337 e. The Morgan fingerprint density at radius 3 is 2.16 bits per heavy atom. The summed E-state index contributed by atoms with van der Waals surface area (Å²) in [7, 11) is 0. The Balaban J connectivity index is 2.56. The molecule has 7 heteroatoms. The summed E-state index contributed by atoms with van der Waals surface area (Å²) < 4.78 is 0. The minimum Gasteiger partial charge on any atom is -0.342 e. The van der Waals surface area contributed by atoms with Gasteiger partial charge in [0.25, 0.3) is 0 Å². The van der Waals surface area contributed by atoms with Gasteiger partial charge in [-0.05, 0) is 94.0 Å². The molecule has 0 aromatic heterocycles. The van der Waals surface area contributed by atoms with Crippen LogP contribution in [0.1, 0.15) is 134 Å². The molecule has 2 aliphatic rings. The topological polar surface area (TPSA) is 120 Å². The van der Waals surface area contributed by atoms with Crippen molar-refractivity contribution in [3.05, 3.63) is 23.3 Å². The maximum absolute atomic E-state index is 13.5. The van der Waals surface area contributed by atoms with E-state index in [0.29, 0.717) is 19.3 Å². The highest BCUT2D eigenvalue weighted by atomic mass is 16.7. The smallest absolute Gasteiger partial charge is 0.337 e. The molecule has 1 saturated carbocycles. The van der Waals surface area contributed by atoms with Crippen molar-refractivity contribution in [3.63, 3.8) is 0 Å². The van der Waals surface area contributed by atoms with Gasteiger partial charge in [0.15, 0.2) is 11.6 Å². The second-order valence-electron chi connectivity index (χ2n) is 16.1. The van der Waals surface area contributed by atoms with E-state index in [4.69, 9.17) is 10.2 Å². The quantitative estimate of drug-likeness (QED) is 0.107. The highest BCUT2D eigenvalue weighted by Gasteiger charge is 2.61. The Morgan fingerprint density at radius 2 is 1.65 bits per heavy atom. The van der Waals surface area contributed by atoms with Gasteiger partial charge in [-0.15, -0.1) is 0 Å². The van der Waals surface area contributed by atoms with Crippen LogP contribution >= 0.6 is 0 Å². The molecule has 43 heavy (non-hydrogen) atoms. The lowest BCUT2D eigenvalue weighted by Crippen LogP contribution is -2.55. The molecule has 0 aromatic rings. The molecule has 0 radical (unpaired) electrons. The van der Waals surface area contributed by atoms with Gasteiger partial charge >= 0.3 is 5.97 Å². The second-order valence-corrected chi connectivity index (χ2v) is 16.1. The van der Waals surface area contributed by atoms with Crippen molar-refractivity contribution in [1.29, 1.82) is 10.7 Å². The van der Waals surface area contributed by atoms with E-state index in [-0.39, 0.29) is 45.7 Å². The standard InChI is InChI=1S/C36H57N3O4/c1-13-15-31(4,5)17-19-34(10,30(42)43-39-25(3)38)20-18-32(6,7)36(12)16-14-27-33(8,9)29(41)26(23-37)22-35(27,11)28(36)21-24(2)40/h21-22,27H,13-20H2,1-12H3,(H2,38,39)/b28-21-/t27-,34-,35-,36+/m0/s1. The molecule has 0 heterocycles.